The molecule has 2 aromatic carbocycles. The first kappa shape index (κ1) is 21.5. The molecule has 1 aliphatic heterocycles. The lowest BCUT2D eigenvalue weighted by Crippen LogP contribution is -2.44. The summed E-state index contributed by atoms with van der Waals surface area (Å²) in [6, 6.07) is 11.3. The molecule has 0 spiro atoms. The van der Waals surface area contributed by atoms with E-state index in [1.165, 1.54) is 23.1 Å². The fourth-order valence-electron chi connectivity index (χ4n) is 3.47. The largest absolute Gasteiger partial charge is 0.365 e. The summed E-state index contributed by atoms with van der Waals surface area (Å²) in [5, 5.41) is 6.55. The molecule has 1 heterocycles. The Morgan fingerprint density at radius 1 is 1.17 bits per heavy atom. The van der Waals surface area contributed by atoms with Crippen molar-refractivity contribution in [3.05, 3.63) is 65.2 Å². The Labute approximate surface area is 175 Å². The number of guanidine groups is 1. The van der Waals surface area contributed by atoms with E-state index in [2.05, 4.69) is 15.6 Å². The number of benzene rings is 2. The van der Waals surface area contributed by atoms with Gasteiger partial charge in [-0.05, 0) is 36.2 Å². The van der Waals surface area contributed by atoms with Gasteiger partial charge in [-0.3, -0.25) is 9.79 Å². The van der Waals surface area contributed by atoms with Gasteiger partial charge in [-0.25, -0.2) is 8.78 Å². The van der Waals surface area contributed by atoms with Crippen LogP contribution in [0.4, 0.5) is 14.5 Å². The van der Waals surface area contributed by atoms with E-state index >= 15 is 0 Å². The minimum absolute atomic E-state index is 0.0234. The topological polar surface area (TPSA) is 60.0 Å². The van der Waals surface area contributed by atoms with E-state index in [0.29, 0.717) is 31.2 Å². The van der Waals surface area contributed by atoms with Gasteiger partial charge in [0.15, 0.2) is 5.96 Å². The van der Waals surface area contributed by atoms with Crippen LogP contribution in [0.2, 0.25) is 0 Å². The molecular weight excluding hydrogens is 388 g/mol. The second kappa shape index (κ2) is 9.56. The van der Waals surface area contributed by atoms with Crippen LogP contribution in [0.1, 0.15) is 22.3 Å². The minimum Gasteiger partial charge on any atom is -0.365 e. The van der Waals surface area contributed by atoms with Crippen molar-refractivity contribution in [2.45, 2.75) is 19.0 Å². The van der Waals surface area contributed by atoms with Crippen LogP contribution in [-0.2, 0) is 6.54 Å². The van der Waals surface area contributed by atoms with Crippen LogP contribution in [0.5, 0.6) is 0 Å². The van der Waals surface area contributed by atoms with E-state index in [4.69, 9.17) is 0 Å². The van der Waals surface area contributed by atoms with Crippen LogP contribution in [0.3, 0.4) is 0 Å². The van der Waals surface area contributed by atoms with E-state index in [9.17, 15) is 13.6 Å². The number of nitrogens with one attached hydrogen (secondary N) is 2. The molecule has 6 nitrogen and oxygen atoms in total. The molecule has 8 heteroatoms. The van der Waals surface area contributed by atoms with Gasteiger partial charge in [-0.15, -0.1) is 0 Å². The number of para-hydroxylation sites is 1. The highest BCUT2D eigenvalue weighted by Crippen LogP contribution is 2.26. The standard InChI is InChI=1S/C22H27F2N5O/c1-25-22(26-13-15-7-9-16(10-8-15)21(30)28(2)3)27-17-11-12-29(14-17)20-18(23)5-4-6-19(20)24/h4-10,17H,11-14H2,1-3H3,(H2,25,26,27). The van der Waals surface area contributed by atoms with Gasteiger partial charge in [0, 0.05) is 52.4 Å². The van der Waals surface area contributed by atoms with E-state index < -0.39 is 11.6 Å². The summed E-state index contributed by atoms with van der Waals surface area (Å²) in [6.07, 6.45) is 0.746. The Kier molecular flexibility index (Phi) is 6.87. The Morgan fingerprint density at radius 2 is 1.83 bits per heavy atom. The smallest absolute Gasteiger partial charge is 0.253 e. The van der Waals surface area contributed by atoms with E-state index in [1.54, 1.807) is 38.2 Å². The summed E-state index contributed by atoms with van der Waals surface area (Å²) in [5.41, 5.74) is 1.67. The quantitative estimate of drug-likeness (QED) is 0.582. The number of anilines is 1. The molecule has 30 heavy (non-hydrogen) atoms. The molecule has 0 aromatic heterocycles. The summed E-state index contributed by atoms with van der Waals surface area (Å²) < 4.78 is 28.1. The number of carbonyl (C=O) groups is 1. The van der Waals surface area contributed by atoms with Crippen LogP contribution in [0.15, 0.2) is 47.5 Å². The SMILES string of the molecule is CN=C(NCc1ccc(C(=O)N(C)C)cc1)NC1CCN(c2c(F)cccc2F)C1. The Hall–Kier alpha value is -3.16. The fraction of sp³-hybridized carbons (Fsp3) is 0.364. The number of hydrogen-bond donors (Lipinski definition) is 2. The molecular formula is C22H27F2N5O. The van der Waals surface area contributed by atoms with Gasteiger partial charge in [0.05, 0.1) is 0 Å². The van der Waals surface area contributed by atoms with Gasteiger partial charge in [-0.1, -0.05) is 18.2 Å². The van der Waals surface area contributed by atoms with Crippen LogP contribution in [0, 0.1) is 11.6 Å². The summed E-state index contributed by atoms with van der Waals surface area (Å²) >= 11 is 0. The van der Waals surface area contributed by atoms with Crippen molar-refractivity contribution in [3.63, 3.8) is 0 Å². The van der Waals surface area contributed by atoms with Crippen molar-refractivity contribution in [3.8, 4) is 0 Å². The average molecular weight is 415 g/mol. The van der Waals surface area contributed by atoms with Gasteiger partial charge in [-0.2, -0.15) is 0 Å². The van der Waals surface area contributed by atoms with Crippen molar-refractivity contribution < 1.29 is 13.6 Å². The molecule has 1 fully saturated rings. The second-order valence-electron chi connectivity index (χ2n) is 7.47. The number of hydrogen-bond acceptors (Lipinski definition) is 3. The Bertz CT molecular complexity index is 894. The predicted octanol–water partition coefficient (Wildman–Crippen LogP) is 2.61. The highest BCUT2D eigenvalue weighted by atomic mass is 19.1. The molecule has 2 aromatic rings. The second-order valence-corrected chi connectivity index (χ2v) is 7.47. The Balaban J connectivity index is 1.54. The zero-order valence-electron chi connectivity index (χ0n) is 17.5. The zero-order chi connectivity index (χ0) is 21.7. The number of amides is 1. The van der Waals surface area contributed by atoms with Crippen molar-refractivity contribution in [2.24, 2.45) is 4.99 Å². The monoisotopic (exact) mass is 415 g/mol. The van der Waals surface area contributed by atoms with Crippen molar-refractivity contribution >= 4 is 17.6 Å². The van der Waals surface area contributed by atoms with Crippen LogP contribution in [-0.4, -0.2) is 57.0 Å². The van der Waals surface area contributed by atoms with Gasteiger partial charge >= 0.3 is 0 Å². The van der Waals surface area contributed by atoms with Gasteiger partial charge in [0.1, 0.15) is 17.3 Å². The lowest BCUT2D eigenvalue weighted by atomic mass is 10.1. The first-order valence-electron chi connectivity index (χ1n) is 9.85. The summed E-state index contributed by atoms with van der Waals surface area (Å²) in [4.78, 5) is 19.5. The summed E-state index contributed by atoms with van der Waals surface area (Å²) in [6.45, 7) is 1.59. The summed E-state index contributed by atoms with van der Waals surface area (Å²) in [5.74, 6) is -0.517. The number of halogens is 2. The fourth-order valence-corrected chi connectivity index (χ4v) is 3.47. The first-order valence-corrected chi connectivity index (χ1v) is 9.85. The average Bonchev–Trinajstić information content (AvgIpc) is 3.18. The Morgan fingerprint density at radius 3 is 2.43 bits per heavy atom. The molecule has 3 rings (SSSR count). The molecule has 1 atom stereocenters. The van der Waals surface area contributed by atoms with Crippen molar-refractivity contribution in [2.75, 3.05) is 39.1 Å². The minimum atomic E-state index is -0.547. The summed E-state index contributed by atoms with van der Waals surface area (Å²) in [7, 11) is 5.12. The maximum absolute atomic E-state index is 14.0. The highest BCUT2D eigenvalue weighted by molar-refractivity contribution is 5.93. The van der Waals surface area contributed by atoms with Crippen LogP contribution in [0.25, 0.3) is 0 Å². The van der Waals surface area contributed by atoms with Gasteiger partial charge in [0.2, 0.25) is 0 Å². The van der Waals surface area contributed by atoms with E-state index in [1.807, 2.05) is 12.1 Å². The number of aliphatic imine (C=N–C) groups is 1. The molecule has 1 saturated heterocycles. The third-order valence-corrected chi connectivity index (χ3v) is 5.07. The maximum Gasteiger partial charge on any atom is 0.253 e. The maximum atomic E-state index is 14.0. The molecule has 0 bridgehead atoms. The van der Waals surface area contributed by atoms with Crippen molar-refractivity contribution in [1.82, 2.24) is 15.5 Å². The first-order chi connectivity index (χ1) is 14.4. The van der Waals surface area contributed by atoms with Gasteiger partial charge in [0.25, 0.3) is 5.91 Å². The molecule has 0 radical (unpaired) electrons. The normalized spacial score (nSPS) is 16.5. The number of carbonyl (C=O) groups excluding carboxylic acids is 1. The molecule has 0 saturated carbocycles. The highest BCUT2D eigenvalue weighted by Gasteiger charge is 2.27. The molecule has 0 aliphatic carbocycles. The third kappa shape index (κ3) is 5.06. The number of nitrogens with zero attached hydrogens (tertiary/aromatic N) is 3. The van der Waals surface area contributed by atoms with Crippen molar-refractivity contribution in [1.29, 1.82) is 0 Å². The number of rotatable bonds is 5. The molecule has 160 valence electrons. The third-order valence-electron chi connectivity index (χ3n) is 5.07. The van der Waals surface area contributed by atoms with E-state index in [0.717, 1.165) is 12.0 Å². The van der Waals surface area contributed by atoms with Crippen LogP contribution < -0.4 is 15.5 Å². The lowest BCUT2D eigenvalue weighted by molar-refractivity contribution is 0.0827. The molecule has 2 N–H and O–H groups in total. The van der Waals surface area contributed by atoms with Gasteiger partial charge < -0.3 is 20.4 Å². The van der Waals surface area contributed by atoms with Crippen LogP contribution >= 0.6 is 0 Å². The molecule has 1 amide bonds. The lowest BCUT2D eigenvalue weighted by Gasteiger charge is -2.21. The zero-order valence-corrected chi connectivity index (χ0v) is 17.5. The molecule has 1 aliphatic rings. The predicted molar refractivity (Wildman–Crippen MR) is 115 cm³/mol. The molecule has 1 unspecified atom stereocenters. The van der Waals surface area contributed by atoms with E-state index in [-0.39, 0.29) is 17.6 Å².